The molecule has 0 atom stereocenters. The molecule has 0 amide bonds. The zero-order valence-electron chi connectivity index (χ0n) is 10.1. The molecule has 1 rings (SSSR count). The standard InChI is InChI=1S/C10H20N6/c1-4-16(3)6-5-12-9-7-8(2)13-10(14-9)15-11/h7H,4-6,11H2,1-3H3,(H2,12,13,14,15). The minimum Gasteiger partial charge on any atom is -0.369 e. The predicted octanol–water partition coefficient (Wildman–Crippen LogP) is 0.434. The fraction of sp³-hybridized carbons (Fsp3) is 0.600. The molecule has 0 aliphatic carbocycles. The van der Waals surface area contributed by atoms with E-state index in [1.54, 1.807) is 0 Å². The van der Waals surface area contributed by atoms with Crippen molar-refractivity contribution in [2.75, 3.05) is 37.4 Å². The lowest BCUT2D eigenvalue weighted by atomic mass is 10.4. The molecule has 0 aliphatic heterocycles. The van der Waals surface area contributed by atoms with Gasteiger partial charge in [0.15, 0.2) is 0 Å². The van der Waals surface area contributed by atoms with Gasteiger partial charge in [0.1, 0.15) is 5.82 Å². The van der Waals surface area contributed by atoms with Crippen molar-refractivity contribution in [1.29, 1.82) is 0 Å². The lowest BCUT2D eigenvalue weighted by Crippen LogP contribution is -2.25. The molecule has 1 aromatic heterocycles. The minimum absolute atomic E-state index is 0.436. The number of anilines is 2. The molecule has 0 saturated heterocycles. The normalized spacial score (nSPS) is 10.6. The van der Waals surface area contributed by atoms with Crippen molar-refractivity contribution in [3.63, 3.8) is 0 Å². The Morgan fingerprint density at radius 3 is 2.81 bits per heavy atom. The SMILES string of the molecule is CCN(C)CCNc1cc(C)nc(NN)n1. The average molecular weight is 224 g/mol. The molecular formula is C10H20N6. The van der Waals surface area contributed by atoms with Crippen molar-refractivity contribution in [1.82, 2.24) is 14.9 Å². The first-order chi connectivity index (χ1) is 7.65. The Morgan fingerprint density at radius 1 is 1.44 bits per heavy atom. The molecule has 0 bridgehead atoms. The summed E-state index contributed by atoms with van der Waals surface area (Å²) in [5.74, 6) is 6.51. The molecule has 1 heterocycles. The van der Waals surface area contributed by atoms with Crippen LogP contribution in [-0.2, 0) is 0 Å². The highest BCUT2D eigenvalue weighted by Gasteiger charge is 2.00. The Bertz CT molecular complexity index is 327. The third kappa shape index (κ3) is 4.00. The molecule has 16 heavy (non-hydrogen) atoms. The van der Waals surface area contributed by atoms with Gasteiger partial charge >= 0.3 is 0 Å². The summed E-state index contributed by atoms with van der Waals surface area (Å²) >= 11 is 0. The van der Waals surface area contributed by atoms with Crippen molar-refractivity contribution in [3.8, 4) is 0 Å². The van der Waals surface area contributed by atoms with E-state index in [-0.39, 0.29) is 0 Å². The van der Waals surface area contributed by atoms with Gasteiger partial charge in [0, 0.05) is 24.8 Å². The molecule has 0 aliphatic rings. The van der Waals surface area contributed by atoms with E-state index in [2.05, 4.69) is 39.6 Å². The van der Waals surface area contributed by atoms with Crippen LogP contribution >= 0.6 is 0 Å². The molecular weight excluding hydrogens is 204 g/mol. The van der Waals surface area contributed by atoms with Crippen molar-refractivity contribution in [2.45, 2.75) is 13.8 Å². The maximum atomic E-state index is 5.28. The smallest absolute Gasteiger partial charge is 0.239 e. The van der Waals surface area contributed by atoms with Crippen LogP contribution in [0.5, 0.6) is 0 Å². The van der Waals surface area contributed by atoms with Gasteiger partial charge in [-0.25, -0.2) is 10.8 Å². The number of nitrogens with one attached hydrogen (secondary N) is 2. The maximum Gasteiger partial charge on any atom is 0.239 e. The molecule has 4 N–H and O–H groups in total. The van der Waals surface area contributed by atoms with E-state index in [9.17, 15) is 0 Å². The van der Waals surface area contributed by atoms with Crippen LogP contribution in [0.4, 0.5) is 11.8 Å². The Kier molecular flexibility index (Phi) is 4.94. The number of nitrogen functional groups attached to an aromatic ring is 1. The minimum atomic E-state index is 0.436. The summed E-state index contributed by atoms with van der Waals surface area (Å²) in [6, 6.07) is 1.90. The summed E-state index contributed by atoms with van der Waals surface area (Å²) in [6.45, 7) is 6.91. The second kappa shape index (κ2) is 6.24. The Balaban J connectivity index is 2.50. The predicted molar refractivity (Wildman–Crippen MR) is 66.2 cm³/mol. The molecule has 0 aromatic carbocycles. The number of hydrazine groups is 1. The van der Waals surface area contributed by atoms with Crippen LogP contribution in [0.15, 0.2) is 6.07 Å². The van der Waals surface area contributed by atoms with Crippen LogP contribution < -0.4 is 16.6 Å². The Morgan fingerprint density at radius 2 is 2.19 bits per heavy atom. The molecule has 0 unspecified atom stereocenters. The van der Waals surface area contributed by atoms with Gasteiger partial charge in [-0.3, -0.25) is 5.43 Å². The van der Waals surface area contributed by atoms with Gasteiger partial charge in [0.25, 0.3) is 0 Å². The third-order valence-corrected chi connectivity index (χ3v) is 2.32. The van der Waals surface area contributed by atoms with Crippen LogP contribution in [0.25, 0.3) is 0 Å². The molecule has 0 fully saturated rings. The van der Waals surface area contributed by atoms with Gasteiger partial charge in [-0.15, -0.1) is 0 Å². The number of aryl methyl sites for hydroxylation is 1. The largest absolute Gasteiger partial charge is 0.369 e. The molecule has 0 saturated carbocycles. The average Bonchev–Trinajstić information content (AvgIpc) is 2.28. The summed E-state index contributed by atoms with van der Waals surface area (Å²) in [4.78, 5) is 10.5. The van der Waals surface area contributed by atoms with E-state index < -0.39 is 0 Å². The van der Waals surface area contributed by atoms with Gasteiger partial charge in [-0.1, -0.05) is 6.92 Å². The van der Waals surface area contributed by atoms with Crippen LogP contribution in [0.1, 0.15) is 12.6 Å². The van der Waals surface area contributed by atoms with E-state index in [4.69, 9.17) is 5.84 Å². The van der Waals surface area contributed by atoms with Gasteiger partial charge in [0.05, 0.1) is 0 Å². The first-order valence-corrected chi connectivity index (χ1v) is 5.40. The topological polar surface area (TPSA) is 79.1 Å². The summed E-state index contributed by atoms with van der Waals surface area (Å²) in [5, 5.41) is 3.24. The van der Waals surface area contributed by atoms with Crippen molar-refractivity contribution >= 4 is 11.8 Å². The molecule has 0 radical (unpaired) electrons. The van der Waals surface area contributed by atoms with Gasteiger partial charge in [0.2, 0.25) is 5.95 Å². The van der Waals surface area contributed by atoms with Crippen LogP contribution in [0, 0.1) is 6.92 Å². The van der Waals surface area contributed by atoms with E-state index in [0.717, 1.165) is 31.1 Å². The summed E-state index contributed by atoms with van der Waals surface area (Å²) < 4.78 is 0. The monoisotopic (exact) mass is 224 g/mol. The van der Waals surface area contributed by atoms with E-state index in [0.29, 0.717) is 5.95 Å². The Labute approximate surface area is 96.2 Å². The zero-order valence-corrected chi connectivity index (χ0v) is 10.1. The Hall–Kier alpha value is -1.40. The summed E-state index contributed by atoms with van der Waals surface area (Å²) in [6.07, 6.45) is 0. The van der Waals surface area contributed by atoms with E-state index >= 15 is 0 Å². The summed E-state index contributed by atoms with van der Waals surface area (Å²) in [5.41, 5.74) is 3.33. The van der Waals surface area contributed by atoms with E-state index in [1.165, 1.54) is 0 Å². The number of likely N-dealkylation sites (N-methyl/N-ethyl adjacent to an activating group) is 1. The van der Waals surface area contributed by atoms with Gasteiger partial charge in [-0.2, -0.15) is 4.98 Å². The quantitative estimate of drug-likeness (QED) is 0.480. The van der Waals surface area contributed by atoms with Gasteiger partial charge in [-0.05, 0) is 20.5 Å². The molecule has 90 valence electrons. The molecule has 6 heteroatoms. The number of rotatable bonds is 6. The number of hydrogen-bond donors (Lipinski definition) is 3. The van der Waals surface area contributed by atoms with Crippen LogP contribution in [0.3, 0.4) is 0 Å². The highest BCUT2D eigenvalue weighted by atomic mass is 15.3. The fourth-order valence-electron chi connectivity index (χ4n) is 1.26. The lowest BCUT2D eigenvalue weighted by Gasteiger charge is -2.14. The third-order valence-electron chi connectivity index (χ3n) is 2.32. The van der Waals surface area contributed by atoms with Crippen LogP contribution in [0.2, 0.25) is 0 Å². The fourth-order valence-corrected chi connectivity index (χ4v) is 1.26. The van der Waals surface area contributed by atoms with E-state index in [1.807, 2.05) is 13.0 Å². The van der Waals surface area contributed by atoms with Crippen molar-refractivity contribution in [3.05, 3.63) is 11.8 Å². The maximum absolute atomic E-state index is 5.28. The zero-order chi connectivity index (χ0) is 12.0. The first kappa shape index (κ1) is 12.7. The second-order valence-corrected chi connectivity index (χ2v) is 3.69. The number of nitrogens with two attached hydrogens (primary N) is 1. The lowest BCUT2D eigenvalue weighted by molar-refractivity contribution is 0.367. The number of hydrogen-bond acceptors (Lipinski definition) is 6. The summed E-state index contributed by atoms with van der Waals surface area (Å²) in [7, 11) is 2.08. The highest BCUT2D eigenvalue weighted by molar-refractivity contribution is 5.41. The number of aromatic nitrogens is 2. The number of nitrogens with zero attached hydrogens (tertiary/aromatic N) is 3. The van der Waals surface area contributed by atoms with Crippen molar-refractivity contribution < 1.29 is 0 Å². The first-order valence-electron chi connectivity index (χ1n) is 5.40. The molecule has 6 nitrogen and oxygen atoms in total. The molecule has 0 spiro atoms. The van der Waals surface area contributed by atoms with Crippen LogP contribution in [-0.4, -0.2) is 41.5 Å². The highest BCUT2D eigenvalue weighted by Crippen LogP contribution is 2.07. The molecule has 1 aromatic rings. The second-order valence-electron chi connectivity index (χ2n) is 3.69. The van der Waals surface area contributed by atoms with Crippen molar-refractivity contribution in [2.24, 2.45) is 5.84 Å². The van der Waals surface area contributed by atoms with Gasteiger partial charge < -0.3 is 10.2 Å².